The molecule has 0 saturated carbocycles. The van der Waals surface area contributed by atoms with Crippen LogP contribution in [0.25, 0.3) is 0 Å². The molecule has 1 aliphatic heterocycles. The van der Waals surface area contributed by atoms with Gasteiger partial charge in [-0.25, -0.2) is 9.78 Å². The molecule has 1 saturated heterocycles. The number of carbonyl (C=O) groups is 1. The van der Waals surface area contributed by atoms with Crippen LogP contribution in [0.15, 0.2) is 18.3 Å². The number of rotatable bonds is 7. The van der Waals surface area contributed by atoms with Crippen molar-refractivity contribution in [3.05, 3.63) is 18.3 Å². The number of amides is 1. The Labute approximate surface area is 175 Å². The quantitative estimate of drug-likeness (QED) is 0.680. The lowest BCUT2D eigenvalue weighted by Gasteiger charge is -2.37. The number of nitrogens with one attached hydrogen (secondary N) is 1. The van der Waals surface area contributed by atoms with E-state index in [2.05, 4.69) is 10.3 Å². The molecular weight excluding hydrogens is 369 g/mol. The zero-order chi connectivity index (χ0) is 21.9. The number of hydrogen-bond acceptors (Lipinski definition) is 6. The minimum absolute atomic E-state index is 0.0738. The summed E-state index contributed by atoms with van der Waals surface area (Å²) in [5.41, 5.74) is -1.37. The van der Waals surface area contributed by atoms with E-state index in [-0.39, 0.29) is 12.1 Å². The summed E-state index contributed by atoms with van der Waals surface area (Å²) >= 11 is 0. The molecule has 29 heavy (non-hydrogen) atoms. The highest BCUT2D eigenvalue weighted by atomic mass is 16.6. The second-order valence-electron chi connectivity index (χ2n) is 9.63. The van der Waals surface area contributed by atoms with Crippen molar-refractivity contribution in [1.29, 1.82) is 0 Å². The molecule has 7 nitrogen and oxygen atoms in total. The van der Waals surface area contributed by atoms with Gasteiger partial charge in [-0.2, -0.15) is 0 Å². The normalized spacial score (nSPS) is 17.9. The Hall–Kier alpha value is -1.80. The summed E-state index contributed by atoms with van der Waals surface area (Å²) in [7, 11) is 1.63. The Morgan fingerprint density at radius 1 is 1.31 bits per heavy atom. The number of carbonyl (C=O) groups excluding carboxylic acids is 1. The van der Waals surface area contributed by atoms with Gasteiger partial charge in [-0.15, -0.1) is 0 Å². The maximum Gasteiger partial charge on any atom is 0.410 e. The Bertz CT molecular complexity index is 698. The molecule has 2 heterocycles. The monoisotopic (exact) mass is 404 g/mol. The lowest BCUT2D eigenvalue weighted by molar-refractivity contribution is -0.0893. The van der Waals surface area contributed by atoms with Crippen molar-refractivity contribution in [3.8, 4) is 0 Å². The summed E-state index contributed by atoms with van der Waals surface area (Å²) < 4.78 is 11.3. The summed E-state index contributed by atoms with van der Waals surface area (Å²) in [4.78, 5) is 18.6. The van der Waals surface area contributed by atoms with Gasteiger partial charge in [0.2, 0.25) is 0 Å². The maximum atomic E-state index is 12.4. The number of pyridine rings is 1. The highest BCUT2D eigenvalue weighted by Gasteiger charge is 2.36. The van der Waals surface area contributed by atoms with Crippen LogP contribution < -0.4 is 10.8 Å². The highest BCUT2D eigenvalue weighted by molar-refractivity contribution is 6.47. The van der Waals surface area contributed by atoms with Crippen LogP contribution in [-0.4, -0.2) is 64.5 Å². The number of likely N-dealkylation sites (tertiary alicyclic amines) is 1. The van der Waals surface area contributed by atoms with Crippen molar-refractivity contribution in [2.24, 2.45) is 0 Å². The fourth-order valence-electron chi connectivity index (χ4n) is 2.81. The minimum Gasteiger partial charge on any atom is -0.444 e. The predicted octanol–water partition coefficient (Wildman–Crippen LogP) is 2.70. The lowest BCUT2D eigenvalue weighted by Crippen LogP contribution is -2.49. The largest absolute Gasteiger partial charge is 0.444 e. The van der Waals surface area contributed by atoms with E-state index in [4.69, 9.17) is 9.39 Å². The summed E-state index contributed by atoms with van der Waals surface area (Å²) in [6.45, 7) is 14.1. The first-order valence-electron chi connectivity index (χ1n) is 10.2. The van der Waals surface area contributed by atoms with Crippen LogP contribution in [0.4, 0.5) is 10.6 Å². The first-order valence-corrected chi connectivity index (χ1v) is 10.2. The standard InChI is InChI=1S/C21H35BN3O4/c1-19(2,3)28-18(26)25-12-8-9-16(25)14-24-17-13-15(10-11-23-17)22-29-21(6,7)20(4,5)27/h10-11,13,16,27H,8-9,12,14H2,1-7H3,(H,23,24)/t16-/m0/s1. The summed E-state index contributed by atoms with van der Waals surface area (Å²) in [6.07, 6.45) is 3.34. The Kier molecular flexibility index (Phi) is 7.22. The fraction of sp³-hybridized carbons (Fsp3) is 0.714. The molecule has 1 fully saturated rings. The van der Waals surface area contributed by atoms with Crippen LogP contribution in [-0.2, 0) is 9.39 Å². The van der Waals surface area contributed by atoms with Gasteiger partial charge in [0.1, 0.15) is 11.4 Å². The van der Waals surface area contributed by atoms with Gasteiger partial charge in [0.15, 0.2) is 0 Å². The Balaban J connectivity index is 1.92. The minimum atomic E-state index is -0.981. The van der Waals surface area contributed by atoms with Crippen molar-refractivity contribution in [1.82, 2.24) is 9.88 Å². The van der Waals surface area contributed by atoms with Crippen molar-refractivity contribution >= 4 is 24.9 Å². The maximum absolute atomic E-state index is 12.4. The number of nitrogens with zero attached hydrogens (tertiary/aromatic N) is 2. The van der Waals surface area contributed by atoms with E-state index < -0.39 is 16.8 Å². The molecule has 0 bridgehead atoms. The van der Waals surface area contributed by atoms with Gasteiger partial charge in [0.05, 0.1) is 17.2 Å². The van der Waals surface area contributed by atoms with Crippen LogP contribution in [0, 0.1) is 0 Å². The SMILES string of the molecule is CC(C)(C)OC(=O)N1CCC[C@H]1CNc1cc([B]OC(C)(C)C(C)(C)O)ccn1. The number of aromatic nitrogens is 1. The van der Waals surface area contributed by atoms with Crippen molar-refractivity contribution in [2.75, 3.05) is 18.4 Å². The molecule has 1 amide bonds. The van der Waals surface area contributed by atoms with Crippen LogP contribution >= 0.6 is 0 Å². The van der Waals surface area contributed by atoms with E-state index in [0.717, 1.165) is 18.3 Å². The Morgan fingerprint density at radius 2 is 2.00 bits per heavy atom. The van der Waals surface area contributed by atoms with E-state index >= 15 is 0 Å². The molecule has 1 aliphatic rings. The van der Waals surface area contributed by atoms with Gasteiger partial charge in [-0.1, -0.05) is 0 Å². The topological polar surface area (TPSA) is 83.9 Å². The number of ether oxygens (including phenoxy) is 1. The van der Waals surface area contributed by atoms with Crippen LogP contribution in [0.5, 0.6) is 0 Å². The molecule has 1 aromatic rings. The van der Waals surface area contributed by atoms with Gasteiger partial charge < -0.3 is 24.7 Å². The molecule has 0 spiro atoms. The fourth-order valence-corrected chi connectivity index (χ4v) is 2.81. The highest BCUT2D eigenvalue weighted by Crippen LogP contribution is 2.24. The Morgan fingerprint density at radius 3 is 2.62 bits per heavy atom. The molecule has 1 radical (unpaired) electrons. The van der Waals surface area contributed by atoms with Crippen LogP contribution in [0.3, 0.4) is 0 Å². The van der Waals surface area contributed by atoms with E-state index in [1.54, 1.807) is 32.4 Å². The third kappa shape index (κ3) is 6.89. The van der Waals surface area contributed by atoms with Crippen LogP contribution in [0.2, 0.25) is 0 Å². The average Bonchev–Trinajstić information content (AvgIpc) is 3.05. The first-order chi connectivity index (χ1) is 13.3. The molecule has 1 atom stereocenters. The smallest absolute Gasteiger partial charge is 0.410 e. The lowest BCUT2D eigenvalue weighted by atomic mass is 9.83. The van der Waals surface area contributed by atoms with Crippen molar-refractivity contribution < 1.29 is 19.3 Å². The summed E-state index contributed by atoms with van der Waals surface area (Å²) in [5.74, 6) is 0.708. The molecule has 2 rings (SSSR count). The number of anilines is 1. The average molecular weight is 404 g/mol. The zero-order valence-electron chi connectivity index (χ0n) is 18.8. The number of aliphatic hydroxyl groups is 1. The molecule has 0 aliphatic carbocycles. The third-order valence-electron chi connectivity index (χ3n) is 5.27. The van der Waals surface area contributed by atoms with Gasteiger partial charge in [0.25, 0.3) is 0 Å². The van der Waals surface area contributed by atoms with Gasteiger partial charge >= 0.3 is 13.6 Å². The second-order valence-corrected chi connectivity index (χ2v) is 9.63. The van der Waals surface area contributed by atoms with E-state index in [1.807, 2.05) is 46.8 Å². The third-order valence-corrected chi connectivity index (χ3v) is 5.27. The second kappa shape index (κ2) is 8.92. The van der Waals surface area contributed by atoms with Crippen molar-refractivity contribution in [2.45, 2.75) is 84.2 Å². The molecule has 0 aromatic carbocycles. The van der Waals surface area contributed by atoms with E-state index in [0.29, 0.717) is 18.9 Å². The van der Waals surface area contributed by atoms with Gasteiger partial charge in [-0.3, -0.25) is 0 Å². The molecule has 8 heteroatoms. The molecule has 161 valence electrons. The number of hydrogen-bond donors (Lipinski definition) is 2. The molecule has 2 N–H and O–H groups in total. The van der Waals surface area contributed by atoms with E-state index in [9.17, 15) is 9.90 Å². The zero-order valence-corrected chi connectivity index (χ0v) is 18.8. The van der Waals surface area contributed by atoms with Crippen LogP contribution in [0.1, 0.15) is 61.3 Å². The van der Waals surface area contributed by atoms with E-state index in [1.165, 1.54) is 0 Å². The summed E-state index contributed by atoms with van der Waals surface area (Å²) in [6, 6.07) is 3.80. The van der Waals surface area contributed by atoms with Crippen molar-refractivity contribution in [3.63, 3.8) is 0 Å². The molecule has 0 unspecified atom stereocenters. The molecular formula is C21H35BN3O4. The molecule has 1 aromatic heterocycles. The first kappa shape index (κ1) is 23.5. The van der Waals surface area contributed by atoms with Gasteiger partial charge in [-0.05, 0) is 78.9 Å². The van der Waals surface area contributed by atoms with Gasteiger partial charge in [0, 0.05) is 19.3 Å². The predicted molar refractivity (Wildman–Crippen MR) is 116 cm³/mol. The summed E-state index contributed by atoms with van der Waals surface area (Å²) in [5, 5.41) is 13.5.